The normalized spacial score (nSPS) is 14.0. The van der Waals surface area contributed by atoms with Crippen LogP contribution in [0, 0.1) is 0 Å². The highest BCUT2D eigenvalue weighted by Gasteiger charge is 2.27. The van der Waals surface area contributed by atoms with Crippen molar-refractivity contribution in [2.24, 2.45) is 0 Å². The smallest absolute Gasteiger partial charge is 0.306 e. The van der Waals surface area contributed by atoms with E-state index in [1.54, 1.807) is 0 Å². The number of rotatable bonds is 66. The van der Waals surface area contributed by atoms with Gasteiger partial charge in [0, 0.05) is 12.8 Å². The fourth-order valence-electron chi connectivity index (χ4n) is 10.4. The number of hydrogen-bond acceptors (Lipinski definition) is 7. The highest BCUT2D eigenvalue weighted by atomic mass is 31.2. The molecule has 0 aromatic heterocycles. The molecule has 0 aliphatic rings. The second kappa shape index (κ2) is 65.2. The first-order valence-electron chi connectivity index (χ1n) is 36.4. The van der Waals surface area contributed by atoms with Gasteiger partial charge >= 0.3 is 5.97 Å². The summed E-state index contributed by atoms with van der Waals surface area (Å²) in [5, 5.41) is 3.04. The fourth-order valence-corrected chi connectivity index (χ4v) is 11.1. The Morgan fingerprint density at radius 1 is 0.407 bits per heavy atom. The largest absolute Gasteiger partial charge is 0.756 e. The van der Waals surface area contributed by atoms with Crippen LogP contribution in [0.25, 0.3) is 0 Å². The van der Waals surface area contributed by atoms with Crippen LogP contribution in [-0.4, -0.2) is 69.4 Å². The van der Waals surface area contributed by atoms with Gasteiger partial charge in [-0.25, -0.2) is 0 Å². The third-order valence-electron chi connectivity index (χ3n) is 16.0. The van der Waals surface area contributed by atoms with Crippen LogP contribution in [-0.2, 0) is 27.9 Å². The summed E-state index contributed by atoms with van der Waals surface area (Å²) in [6, 6.07) is -0.897. The maximum atomic E-state index is 13.6. The van der Waals surface area contributed by atoms with E-state index in [1.807, 2.05) is 33.3 Å². The van der Waals surface area contributed by atoms with Gasteiger partial charge in [0.05, 0.1) is 33.8 Å². The number of amides is 1. The summed E-state index contributed by atoms with van der Waals surface area (Å²) in [4.78, 5) is 40.2. The molecular formula is C76H139N2O7P. The zero-order chi connectivity index (χ0) is 62.8. The average molecular weight is 1220 g/mol. The second-order valence-corrected chi connectivity index (χ2v) is 27.1. The third kappa shape index (κ3) is 65.6. The highest BCUT2D eigenvalue weighted by molar-refractivity contribution is 7.45. The van der Waals surface area contributed by atoms with Gasteiger partial charge in [-0.15, -0.1) is 0 Å². The van der Waals surface area contributed by atoms with E-state index in [-0.39, 0.29) is 24.9 Å². The van der Waals surface area contributed by atoms with E-state index in [0.29, 0.717) is 17.4 Å². The Bertz CT molecular complexity index is 1750. The van der Waals surface area contributed by atoms with Gasteiger partial charge in [0.1, 0.15) is 19.3 Å². The molecule has 0 rings (SSSR count). The van der Waals surface area contributed by atoms with Crippen molar-refractivity contribution in [1.82, 2.24) is 5.32 Å². The van der Waals surface area contributed by atoms with Crippen molar-refractivity contribution in [3.63, 3.8) is 0 Å². The molecular weight excluding hydrogens is 1080 g/mol. The van der Waals surface area contributed by atoms with Crippen LogP contribution in [0.3, 0.4) is 0 Å². The van der Waals surface area contributed by atoms with E-state index < -0.39 is 26.6 Å². The molecule has 0 radical (unpaired) electrons. The molecule has 1 amide bonds. The van der Waals surface area contributed by atoms with E-state index >= 15 is 0 Å². The van der Waals surface area contributed by atoms with Crippen molar-refractivity contribution in [2.75, 3.05) is 40.9 Å². The highest BCUT2D eigenvalue weighted by Crippen LogP contribution is 2.38. The average Bonchev–Trinajstić information content (AvgIpc) is 3.69. The summed E-state index contributed by atoms with van der Waals surface area (Å²) in [6.07, 6.45) is 87.0. The number of nitrogens with one attached hydrogen (secondary N) is 1. The Morgan fingerprint density at radius 3 is 1.08 bits per heavy atom. The first-order valence-corrected chi connectivity index (χ1v) is 37.9. The number of allylic oxidation sites excluding steroid dienone is 13. The van der Waals surface area contributed by atoms with Gasteiger partial charge in [-0.2, -0.15) is 0 Å². The topological polar surface area (TPSA) is 114 Å². The Morgan fingerprint density at radius 2 is 0.709 bits per heavy atom. The minimum Gasteiger partial charge on any atom is -0.756 e. The van der Waals surface area contributed by atoms with Crippen LogP contribution in [0.2, 0.25) is 0 Å². The van der Waals surface area contributed by atoms with Gasteiger partial charge in [-0.1, -0.05) is 299 Å². The lowest BCUT2D eigenvalue weighted by Gasteiger charge is -2.30. The summed E-state index contributed by atoms with van der Waals surface area (Å²) >= 11 is 0. The molecule has 1 N–H and O–H groups in total. The summed E-state index contributed by atoms with van der Waals surface area (Å²) in [6.45, 7) is 6.81. The number of hydrogen-bond donors (Lipinski definition) is 1. The molecule has 0 spiro atoms. The number of likely N-dealkylation sites (N-methyl/N-ethyl adjacent to an activating group) is 1. The van der Waals surface area contributed by atoms with Gasteiger partial charge in [0.2, 0.25) is 5.91 Å². The number of carbonyl (C=O) groups is 2. The molecule has 0 saturated carbocycles. The number of phosphoric ester groups is 1. The van der Waals surface area contributed by atoms with Crippen molar-refractivity contribution in [3.05, 3.63) is 85.1 Å². The van der Waals surface area contributed by atoms with E-state index in [2.05, 4.69) is 99.0 Å². The first-order chi connectivity index (χ1) is 41.9. The molecule has 86 heavy (non-hydrogen) atoms. The zero-order valence-corrected chi connectivity index (χ0v) is 58.2. The van der Waals surface area contributed by atoms with Crippen molar-refractivity contribution < 1.29 is 37.3 Å². The molecule has 10 heteroatoms. The van der Waals surface area contributed by atoms with Crippen LogP contribution in [0.5, 0.6) is 0 Å². The van der Waals surface area contributed by atoms with Gasteiger partial charge in [0.15, 0.2) is 0 Å². The molecule has 3 atom stereocenters. The molecule has 0 heterocycles. The predicted molar refractivity (Wildman–Crippen MR) is 371 cm³/mol. The number of nitrogens with zero attached hydrogens (tertiary/aromatic N) is 1. The molecule has 0 aromatic carbocycles. The number of quaternary nitrogens is 1. The molecule has 0 aliphatic heterocycles. The van der Waals surface area contributed by atoms with Gasteiger partial charge in [0.25, 0.3) is 7.82 Å². The minimum atomic E-state index is -4.71. The number of esters is 1. The quantitative estimate of drug-likeness (QED) is 0.0212. The third-order valence-corrected chi connectivity index (χ3v) is 17.0. The summed E-state index contributed by atoms with van der Waals surface area (Å²) in [5.74, 6) is -0.545. The van der Waals surface area contributed by atoms with Crippen molar-refractivity contribution >= 4 is 19.7 Å². The van der Waals surface area contributed by atoms with Gasteiger partial charge in [-0.05, 0) is 109 Å². The van der Waals surface area contributed by atoms with Crippen LogP contribution in [0.1, 0.15) is 335 Å². The lowest BCUT2D eigenvalue weighted by atomic mass is 10.0. The second-order valence-electron chi connectivity index (χ2n) is 25.7. The molecule has 0 aliphatic carbocycles. The Kier molecular flexibility index (Phi) is 63.0. The van der Waals surface area contributed by atoms with Crippen LogP contribution in [0.4, 0.5) is 0 Å². The van der Waals surface area contributed by atoms with E-state index in [1.165, 1.54) is 205 Å². The summed E-state index contributed by atoms with van der Waals surface area (Å²) in [5.41, 5.74) is 0. The zero-order valence-electron chi connectivity index (χ0n) is 57.3. The number of phosphoric acid groups is 1. The van der Waals surface area contributed by atoms with E-state index in [4.69, 9.17) is 13.8 Å². The van der Waals surface area contributed by atoms with Crippen molar-refractivity contribution in [1.29, 1.82) is 0 Å². The molecule has 500 valence electrons. The standard InChI is InChI=1S/C76H139N2O7P/c1-7-10-13-16-19-22-25-28-30-32-34-36-38-39-41-42-44-46-48-50-53-56-59-62-65-68-75(79)77-73(72-84-86(81,82)83-71-70-78(4,5)6)74(67-64-61-58-55-52-27-24-21-18-15-12-9-3)85-76(80)69-66-63-60-57-54-51-49-47-45-43-40-37-35-33-31-29-26-23-20-17-14-11-8-2/h19-20,22-23,28-31,35,37,43,45,64,67,73-74H,7-18,21,24-27,32-34,36,38-42,44,46-63,65-66,68-72H2,1-6H3,(H-,77,79,81,82)/b22-19-,23-20-,30-28-,31-29-,37-35-,45-43-,67-64+. The number of unbranched alkanes of at least 4 members (excludes halogenated alkanes) is 38. The number of carbonyl (C=O) groups excluding carboxylic acids is 2. The fraction of sp³-hybridized carbons (Fsp3) is 0.789. The molecule has 0 bridgehead atoms. The predicted octanol–water partition coefficient (Wildman–Crippen LogP) is 22.7. The van der Waals surface area contributed by atoms with Crippen LogP contribution >= 0.6 is 7.82 Å². The van der Waals surface area contributed by atoms with Crippen molar-refractivity contribution in [3.8, 4) is 0 Å². The molecule has 3 unspecified atom stereocenters. The lowest BCUT2D eigenvalue weighted by molar-refractivity contribution is -0.870. The van der Waals surface area contributed by atoms with Crippen LogP contribution < -0.4 is 10.2 Å². The molecule has 0 aromatic rings. The SMILES string of the molecule is CCCCC/C=C\C/C=C\C/C=C\C/C=C\CCCCCCCCCC(=O)OC(/C=C/CCCCCCCCCCCC)C(COP(=O)([O-])OCC[N+](C)(C)C)NC(=O)CCCCCCCCCCCCCCCCC/C=C\C/C=C\CCCCC. The van der Waals surface area contributed by atoms with E-state index in [0.717, 1.165) is 96.3 Å². The first kappa shape index (κ1) is 83.2. The number of ether oxygens (including phenoxy) is 1. The molecule has 9 nitrogen and oxygen atoms in total. The Labute approximate surface area is 533 Å². The monoisotopic (exact) mass is 1220 g/mol. The Hall–Kier alpha value is -2.81. The molecule has 0 fully saturated rings. The maximum Gasteiger partial charge on any atom is 0.306 e. The molecule has 0 saturated heterocycles. The van der Waals surface area contributed by atoms with Crippen LogP contribution in [0.15, 0.2) is 85.1 Å². The summed E-state index contributed by atoms with van der Waals surface area (Å²) in [7, 11) is 1.18. The van der Waals surface area contributed by atoms with Gasteiger partial charge in [-0.3, -0.25) is 14.2 Å². The lowest BCUT2D eigenvalue weighted by Crippen LogP contribution is -2.47. The summed E-state index contributed by atoms with van der Waals surface area (Å²) < 4.78 is 30.5. The van der Waals surface area contributed by atoms with E-state index in [9.17, 15) is 19.0 Å². The maximum absolute atomic E-state index is 13.6. The van der Waals surface area contributed by atoms with Crippen molar-refractivity contribution in [2.45, 2.75) is 348 Å². The Balaban J connectivity index is 5.06. The minimum absolute atomic E-state index is 0.0262. The van der Waals surface area contributed by atoms with Gasteiger partial charge < -0.3 is 28.5 Å².